The Morgan fingerprint density at radius 1 is 1.29 bits per heavy atom. The maximum absolute atomic E-state index is 3.88. The molecule has 1 aliphatic heterocycles. The average molecular weight is 233 g/mol. The summed E-state index contributed by atoms with van der Waals surface area (Å²) in [4.78, 5) is 2.30. The second-order valence-corrected chi connectivity index (χ2v) is 3.97. The Bertz CT molecular complexity index is 385. The molecule has 0 radical (unpaired) electrons. The molecular formula is C14H23N3. The third-order valence-corrected chi connectivity index (χ3v) is 2.73. The van der Waals surface area contributed by atoms with Crippen LogP contribution in [0.4, 0.5) is 5.69 Å². The predicted octanol–water partition coefficient (Wildman–Crippen LogP) is 2.76. The molecule has 0 saturated heterocycles. The van der Waals surface area contributed by atoms with Gasteiger partial charge >= 0.3 is 0 Å². The van der Waals surface area contributed by atoms with Crippen LogP contribution in [0.1, 0.15) is 25.0 Å². The highest BCUT2D eigenvalue weighted by molar-refractivity contribution is 5.58. The first-order chi connectivity index (χ1) is 8.20. The Morgan fingerprint density at radius 2 is 2.00 bits per heavy atom. The number of hydrogen-bond acceptors (Lipinski definition) is 3. The molecule has 0 saturated carbocycles. The van der Waals surface area contributed by atoms with Gasteiger partial charge in [-0.25, -0.2) is 0 Å². The summed E-state index contributed by atoms with van der Waals surface area (Å²) in [6.45, 7) is 9.93. The van der Waals surface area contributed by atoms with Crippen molar-refractivity contribution in [1.82, 2.24) is 10.2 Å². The van der Waals surface area contributed by atoms with Gasteiger partial charge in [-0.15, -0.1) is 0 Å². The minimum Gasteiger partial charge on any atom is -0.375 e. The molecular weight excluding hydrogens is 210 g/mol. The maximum Gasteiger partial charge on any atom is 0.0954 e. The minimum absolute atomic E-state index is 0.831. The van der Waals surface area contributed by atoms with Crippen molar-refractivity contribution in [1.29, 1.82) is 0 Å². The highest BCUT2D eigenvalue weighted by Gasteiger charge is 2.18. The number of nitrogens with one attached hydrogen (secondary N) is 2. The molecule has 1 aromatic rings. The standard InChI is InChI=1S/C12H17N3.C2H6/c1-9(13-2)14-12-6-4-5-10-7-15(3)8-11(10)12;1-2/h4-6,13-14H,1,7-8H2,2-3H3;1-2H3. The number of fused-ring (bicyclic) bond motifs is 1. The molecule has 3 nitrogen and oxygen atoms in total. The van der Waals surface area contributed by atoms with Crippen LogP contribution in [0.25, 0.3) is 0 Å². The summed E-state index contributed by atoms with van der Waals surface area (Å²) in [5.74, 6) is 0.831. The highest BCUT2D eigenvalue weighted by atomic mass is 15.1. The largest absolute Gasteiger partial charge is 0.375 e. The minimum atomic E-state index is 0.831. The van der Waals surface area contributed by atoms with Gasteiger partial charge in [0.2, 0.25) is 0 Å². The Kier molecular flexibility index (Phi) is 5.04. The van der Waals surface area contributed by atoms with Gasteiger partial charge in [0.25, 0.3) is 0 Å². The number of benzene rings is 1. The molecule has 2 N–H and O–H groups in total. The Balaban J connectivity index is 0.000000686. The fourth-order valence-corrected chi connectivity index (χ4v) is 1.93. The average Bonchev–Trinajstić information content (AvgIpc) is 2.73. The van der Waals surface area contributed by atoms with Crippen molar-refractivity contribution < 1.29 is 0 Å². The van der Waals surface area contributed by atoms with Gasteiger partial charge in [-0.3, -0.25) is 4.90 Å². The predicted molar refractivity (Wildman–Crippen MR) is 74.8 cm³/mol. The van der Waals surface area contributed by atoms with E-state index in [0.29, 0.717) is 0 Å². The molecule has 0 spiro atoms. The normalized spacial score (nSPS) is 13.4. The molecule has 0 bridgehead atoms. The number of anilines is 1. The van der Waals surface area contributed by atoms with E-state index >= 15 is 0 Å². The van der Waals surface area contributed by atoms with Gasteiger partial charge in [-0.2, -0.15) is 0 Å². The molecule has 2 rings (SSSR count). The summed E-state index contributed by atoms with van der Waals surface area (Å²) in [6.07, 6.45) is 0. The summed E-state index contributed by atoms with van der Waals surface area (Å²) in [5.41, 5.74) is 3.96. The Labute approximate surface area is 105 Å². The molecule has 0 unspecified atom stereocenters. The molecule has 17 heavy (non-hydrogen) atoms. The highest BCUT2D eigenvalue weighted by Crippen LogP contribution is 2.28. The zero-order valence-corrected chi connectivity index (χ0v) is 11.3. The Hall–Kier alpha value is -1.48. The smallest absolute Gasteiger partial charge is 0.0954 e. The lowest BCUT2D eigenvalue weighted by Gasteiger charge is -2.12. The first-order valence-corrected chi connectivity index (χ1v) is 6.13. The molecule has 0 fully saturated rings. The van der Waals surface area contributed by atoms with Crippen LogP contribution in [-0.4, -0.2) is 19.0 Å². The lowest BCUT2D eigenvalue weighted by molar-refractivity contribution is 0.353. The van der Waals surface area contributed by atoms with Crippen LogP contribution in [0.5, 0.6) is 0 Å². The first kappa shape index (κ1) is 13.6. The van der Waals surface area contributed by atoms with Crippen LogP contribution < -0.4 is 10.6 Å². The molecule has 1 aliphatic rings. The van der Waals surface area contributed by atoms with Crippen molar-refractivity contribution in [2.45, 2.75) is 26.9 Å². The third-order valence-electron chi connectivity index (χ3n) is 2.73. The summed E-state index contributed by atoms with van der Waals surface area (Å²) in [6, 6.07) is 6.37. The summed E-state index contributed by atoms with van der Waals surface area (Å²) in [5, 5.41) is 6.28. The molecule has 94 valence electrons. The lowest BCUT2D eigenvalue weighted by atomic mass is 10.1. The fraction of sp³-hybridized carbons (Fsp3) is 0.429. The van der Waals surface area contributed by atoms with E-state index in [4.69, 9.17) is 0 Å². The molecule has 0 amide bonds. The van der Waals surface area contributed by atoms with E-state index in [-0.39, 0.29) is 0 Å². The summed E-state index contributed by atoms with van der Waals surface area (Å²) >= 11 is 0. The van der Waals surface area contributed by atoms with E-state index in [2.05, 4.69) is 47.4 Å². The summed E-state index contributed by atoms with van der Waals surface area (Å²) in [7, 11) is 4.00. The zero-order chi connectivity index (χ0) is 12.8. The third kappa shape index (κ3) is 3.24. The van der Waals surface area contributed by atoms with Crippen molar-refractivity contribution >= 4 is 5.69 Å². The lowest BCUT2D eigenvalue weighted by Crippen LogP contribution is -2.14. The monoisotopic (exact) mass is 233 g/mol. The van der Waals surface area contributed by atoms with Crippen molar-refractivity contribution in [3.05, 3.63) is 41.7 Å². The van der Waals surface area contributed by atoms with Gasteiger partial charge in [0.15, 0.2) is 0 Å². The zero-order valence-electron chi connectivity index (χ0n) is 11.3. The molecule has 1 heterocycles. The van der Waals surface area contributed by atoms with Crippen LogP contribution in [0.15, 0.2) is 30.6 Å². The second kappa shape index (κ2) is 6.30. The molecule has 0 atom stereocenters. The van der Waals surface area contributed by atoms with Crippen molar-refractivity contribution in [3.8, 4) is 0 Å². The maximum atomic E-state index is 3.88. The summed E-state index contributed by atoms with van der Waals surface area (Å²) < 4.78 is 0. The van der Waals surface area contributed by atoms with E-state index < -0.39 is 0 Å². The van der Waals surface area contributed by atoms with Crippen LogP contribution in [0.3, 0.4) is 0 Å². The fourth-order valence-electron chi connectivity index (χ4n) is 1.93. The van der Waals surface area contributed by atoms with Gasteiger partial charge in [0, 0.05) is 25.8 Å². The van der Waals surface area contributed by atoms with E-state index in [9.17, 15) is 0 Å². The molecule has 3 heteroatoms. The quantitative estimate of drug-likeness (QED) is 0.840. The Morgan fingerprint density at radius 3 is 2.65 bits per heavy atom. The van der Waals surface area contributed by atoms with Gasteiger partial charge in [0.1, 0.15) is 0 Å². The van der Waals surface area contributed by atoms with E-state index in [0.717, 1.165) is 24.6 Å². The van der Waals surface area contributed by atoms with Gasteiger partial charge < -0.3 is 10.6 Å². The van der Waals surface area contributed by atoms with Crippen LogP contribution in [0.2, 0.25) is 0 Å². The van der Waals surface area contributed by atoms with E-state index in [1.807, 2.05) is 20.9 Å². The van der Waals surface area contributed by atoms with E-state index in [1.165, 1.54) is 11.1 Å². The first-order valence-electron chi connectivity index (χ1n) is 6.13. The van der Waals surface area contributed by atoms with Gasteiger partial charge in [0.05, 0.1) is 5.82 Å². The van der Waals surface area contributed by atoms with Gasteiger partial charge in [-0.1, -0.05) is 32.6 Å². The molecule has 0 aliphatic carbocycles. The van der Waals surface area contributed by atoms with Crippen molar-refractivity contribution in [2.24, 2.45) is 0 Å². The number of hydrogen-bond donors (Lipinski definition) is 2. The number of rotatable bonds is 3. The SMILES string of the molecule is C=C(NC)Nc1cccc2c1CN(C)C2.CC. The molecule has 1 aromatic carbocycles. The second-order valence-electron chi connectivity index (χ2n) is 3.97. The molecule has 0 aromatic heterocycles. The van der Waals surface area contributed by atoms with Crippen molar-refractivity contribution in [2.75, 3.05) is 19.4 Å². The van der Waals surface area contributed by atoms with Gasteiger partial charge in [-0.05, 0) is 24.2 Å². The van der Waals surface area contributed by atoms with Crippen LogP contribution in [-0.2, 0) is 13.1 Å². The van der Waals surface area contributed by atoms with Crippen molar-refractivity contribution in [3.63, 3.8) is 0 Å². The van der Waals surface area contributed by atoms with E-state index in [1.54, 1.807) is 0 Å². The van der Waals surface area contributed by atoms with Crippen LogP contribution in [0, 0.1) is 0 Å². The van der Waals surface area contributed by atoms with Crippen LogP contribution >= 0.6 is 0 Å². The topological polar surface area (TPSA) is 27.3 Å². The number of nitrogens with zero attached hydrogens (tertiary/aromatic N) is 1.